The van der Waals surface area contributed by atoms with Crippen molar-refractivity contribution >= 4 is 23.9 Å². The van der Waals surface area contributed by atoms with Crippen LogP contribution in [0, 0.1) is 13.8 Å². The van der Waals surface area contributed by atoms with E-state index in [-0.39, 0.29) is 19.2 Å². The molecule has 0 unspecified atom stereocenters. The Morgan fingerprint density at radius 3 is 2.48 bits per heavy atom. The number of hydrogen-bond acceptors (Lipinski definition) is 6. The monoisotopic (exact) mass is 407 g/mol. The van der Waals surface area contributed by atoms with Gasteiger partial charge in [0.2, 0.25) is 0 Å². The van der Waals surface area contributed by atoms with Gasteiger partial charge in [0.05, 0.1) is 12.2 Å². The van der Waals surface area contributed by atoms with E-state index >= 15 is 0 Å². The molecule has 1 fully saturated rings. The molecule has 1 aliphatic carbocycles. The minimum Gasteiger partial charge on any atom is -0.462 e. The molecule has 160 valence electrons. The molecule has 0 spiro atoms. The van der Waals surface area contributed by atoms with Gasteiger partial charge in [-0.15, -0.1) is 0 Å². The largest absolute Gasteiger partial charge is 0.462 e. The van der Waals surface area contributed by atoms with Crippen LogP contribution in [0.15, 0.2) is 6.07 Å². The number of imide groups is 1. The van der Waals surface area contributed by atoms with Gasteiger partial charge in [-0.3, -0.25) is 14.9 Å². The Morgan fingerprint density at radius 2 is 1.86 bits per heavy atom. The average molecular weight is 407 g/mol. The second-order valence-electron chi connectivity index (χ2n) is 7.17. The lowest BCUT2D eigenvalue weighted by Crippen LogP contribution is -2.47. The maximum absolute atomic E-state index is 12.3. The number of amides is 3. The highest BCUT2D eigenvalue weighted by molar-refractivity contribution is 5.97. The predicted octanol–water partition coefficient (Wildman–Crippen LogP) is 1.98. The van der Waals surface area contributed by atoms with Crippen molar-refractivity contribution in [1.29, 1.82) is 0 Å². The summed E-state index contributed by atoms with van der Waals surface area (Å²) in [6.07, 6.45) is 2.79. The summed E-state index contributed by atoms with van der Waals surface area (Å²) in [6.45, 7) is 6.67. The molecule has 0 aliphatic heterocycles. The Balaban J connectivity index is 1.88. The number of urea groups is 1. The molecule has 9 heteroatoms. The zero-order chi connectivity index (χ0) is 21.6. The minimum absolute atomic E-state index is 0.0777. The van der Waals surface area contributed by atoms with Crippen LogP contribution in [0.5, 0.6) is 0 Å². The van der Waals surface area contributed by atoms with Gasteiger partial charge in [-0.2, -0.15) is 0 Å². The summed E-state index contributed by atoms with van der Waals surface area (Å²) in [5.74, 6) is -1.80. The van der Waals surface area contributed by atoms with Gasteiger partial charge in [0.25, 0.3) is 5.91 Å². The van der Waals surface area contributed by atoms with E-state index < -0.39 is 30.0 Å². The number of nitrogens with one attached hydrogen (secondary N) is 2. The van der Waals surface area contributed by atoms with E-state index in [0.717, 1.165) is 25.7 Å². The van der Waals surface area contributed by atoms with Crippen LogP contribution in [0.2, 0.25) is 0 Å². The Kier molecular flexibility index (Phi) is 7.81. The summed E-state index contributed by atoms with van der Waals surface area (Å²) >= 11 is 0. The molecule has 3 amide bonds. The van der Waals surface area contributed by atoms with E-state index in [1.165, 1.54) is 6.92 Å². The van der Waals surface area contributed by atoms with E-state index in [0.29, 0.717) is 17.0 Å². The van der Waals surface area contributed by atoms with Gasteiger partial charge >= 0.3 is 18.0 Å². The molecule has 1 aromatic rings. The third kappa shape index (κ3) is 6.07. The van der Waals surface area contributed by atoms with Crippen molar-refractivity contribution in [2.75, 3.05) is 6.61 Å². The first kappa shape index (κ1) is 22.4. The van der Waals surface area contributed by atoms with E-state index in [1.807, 2.05) is 0 Å². The van der Waals surface area contributed by atoms with E-state index in [1.54, 1.807) is 31.4 Å². The van der Waals surface area contributed by atoms with Crippen molar-refractivity contribution < 1.29 is 28.7 Å². The molecule has 1 heterocycles. The number of esters is 2. The summed E-state index contributed by atoms with van der Waals surface area (Å²) < 4.78 is 11.8. The van der Waals surface area contributed by atoms with Crippen LogP contribution in [-0.4, -0.2) is 47.2 Å². The Bertz CT molecular complexity index is 779. The molecule has 2 rings (SSSR count). The lowest BCUT2D eigenvalue weighted by molar-refractivity contribution is -0.155. The van der Waals surface area contributed by atoms with Crippen molar-refractivity contribution in [1.82, 2.24) is 15.2 Å². The number of aromatic nitrogens is 1. The summed E-state index contributed by atoms with van der Waals surface area (Å²) in [4.78, 5) is 48.2. The number of rotatable bonds is 7. The molecule has 0 saturated heterocycles. The molecule has 9 nitrogen and oxygen atoms in total. The van der Waals surface area contributed by atoms with Crippen LogP contribution in [0.4, 0.5) is 4.79 Å². The molecule has 2 N–H and O–H groups in total. The maximum atomic E-state index is 12.3. The lowest BCUT2D eigenvalue weighted by atomic mass is 10.2. The summed E-state index contributed by atoms with van der Waals surface area (Å²) in [7, 11) is 0. The molecule has 0 aromatic carbocycles. The average Bonchev–Trinajstić information content (AvgIpc) is 3.25. The van der Waals surface area contributed by atoms with Gasteiger partial charge in [-0.05, 0) is 46.6 Å². The number of carbonyl (C=O) groups excluding carboxylic acids is 4. The van der Waals surface area contributed by atoms with Gasteiger partial charge in [0.1, 0.15) is 6.54 Å². The van der Waals surface area contributed by atoms with Crippen molar-refractivity contribution in [2.24, 2.45) is 0 Å². The Labute approximate surface area is 170 Å². The highest BCUT2D eigenvalue weighted by atomic mass is 16.5. The fourth-order valence-corrected chi connectivity index (χ4v) is 3.38. The number of aryl methyl sites for hydroxylation is 1. The fraction of sp³-hybridized carbons (Fsp3) is 0.600. The molecule has 1 aromatic heterocycles. The van der Waals surface area contributed by atoms with Crippen LogP contribution >= 0.6 is 0 Å². The molecule has 0 bridgehead atoms. The molecular weight excluding hydrogens is 378 g/mol. The quantitative estimate of drug-likeness (QED) is 0.668. The van der Waals surface area contributed by atoms with Gasteiger partial charge in [0, 0.05) is 17.4 Å². The van der Waals surface area contributed by atoms with Gasteiger partial charge in [-0.25, -0.2) is 9.59 Å². The predicted molar refractivity (Wildman–Crippen MR) is 104 cm³/mol. The molecule has 1 saturated carbocycles. The Morgan fingerprint density at radius 1 is 1.21 bits per heavy atom. The first-order chi connectivity index (χ1) is 13.7. The highest BCUT2D eigenvalue weighted by Crippen LogP contribution is 2.18. The maximum Gasteiger partial charge on any atom is 0.339 e. The summed E-state index contributed by atoms with van der Waals surface area (Å²) in [5, 5.41) is 4.93. The molecular formula is C20H29N3O6. The summed E-state index contributed by atoms with van der Waals surface area (Å²) in [6, 6.07) is 1.14. The zero-order valence-corrected chi connectivity index (χ0v) is 17.4. The van der Waals surface area contributed by atoms with Gasteiger partial charge in [0.15, 0.2) is 6.10 Å². The van der Waals surface area contributed by atoms with E-state index in [4.69, 9.17) is 9.47 Å². The van der Waals surface area contributed by atoms with Crippen molar-refractivity contribution in [3.63, 3.8) is 0 Å². The standard InChI is InChI=1S/C20H29N3O6/c1-5-28-19(26)16-10-12(2)23(13(16)3)11-17(24)29-14(4)18(25)22-20(27)21-15-8-6-7-9-15/h10,14-15H,5-9,11H2,1-4H3,(H2,21,22,25,27)/t14-/m1/s1. The summed E-state index contributed by atoms with van der Waals surface area (Å²) in [5.41, 5.74) is 1.65. The first-order valence-corrected chi connectivity index (χ1v) is 9.87. The van der Waals surface area contributed by atoms with Gasteiger partial charge < -0.3 is 19.4 Å². The van der Waals surface area contributed by atoms with Crippen LogP contribution in [0.1, 0.15) is 61.3 Å². The number of carbonyl (C=O) groups is 4. The van der Waals surface area contributed by atoms with Crippen LogP contribution < -0.4 is 10.6 Å². The second kappa shape index (κ2) is 10.1. The molecule has 1 atom stereocenters. The van der Waals surface area contributed by atoms with E-state index in [2.05, 4.69) is 10.6 Å². The zero-order valence-electron chi connectivity index (χ0n) is 17.4. The lowest BCUT2D eigenvalue weighted by Gasteiger charge is -2.16. The Hall–Kier alpha value is -2.84. The van der Waals surface area contributed by atoms with Crippen molar-refractivity contribution in [3.05, 3.63) is 23.0 Å². The highest BCUT2D eigenvalue weighted by Gasteiger charge is 2.24. The molecule has 1 aliphatic rings. The first-order valence-electron chi connectivity index (χ1n) is 9.87. The third-order valence-electron chi connectivity index (χ3n) is 4.96. The molecule has 29 heavy (non-hydrogen) atoms. The van der Waals surface area contributed by atoms with E-state index in [9.17, 15) is 19.2 Å². The fourth-order valence-electron chi connectivity index (χ4n) is 3.38. The van der Waals surface area contributed by atoms with Crippen LogP contribution in [0.3, 0.4) is 0 Å². The number of hydrogen-bond donors (Lipinski definition) is 2. The van der Waals surface area contributed by atoms with Crippen LogP contribution in [0.25, 0.3) is 0 Å². The van der Waals surface area contributed by atoms with Crippen molar-refractivity contribution in [2.45, 2.75) is 72.1 Å². The normalized spacial score (nSPS) is 14.9. The van der Waals surface area contributed by atoms with Crippen LogP contribution in [-0.2, 0) is 25.6 Å². The SMILES string of the molecule is CCOC(=O)c1cc(C)n(CC(=O)O[C@H](C)C(=O)NC(=O)NC2CCCC2)c1C. The topological polar surface area (TPSA) is 116 Å². The minimum atomic E-state index is -1.13. The third-order valence-corrected chi connectivity index (χ3v) is 4.96. The smallest absolute Gasteiger partial charge is 0.339 e. The molecule has 0 radical (unpaired) electrons. The number of ether oxygens (including phenoxy) is 2. The number of nitrogens with zero attached hydrogens (tertiary/aromatic N) is 1. The van der Waals surface area contributed by atoms with Crippen molar-refractivity contribution in [3.8, 4) is 0 Å². The van der Waals surface area contributed by atoms with Gasteiger partial charge in [-0.1, -0.05) is 12.8 Å². The second-order valence-corrected chi connectivity index (χ2v) is 7.17.